The Morgan fingerprint density at radius 3 is 2.83 bits per heavy atom. The maximum Gasteiger partial charge on any atom is 0.0666 e. The van der Waals surface area contributed by atoms with Crippen LogP contribution in [0, 0.1) is 0 Å². The molecule has 0 aromatic heterocycles. The smallest absolute Gasteiger partial charge is 0.0666 e. The van der Waals surface area contributed by atoms with Crippen LogP contribution in [0.25, 0.3) is 0 Å². The molecular formula is C14H29NO2S. The molecule has 0 aromatic rings. The second-order valence-electron chi connectivity index (χ2n) is 5.14. The number of thioether (sulfide) groups is 1. The van der Waals surface area contributed by atoms with Gasteiger partial charge in [0.05, 0.1) is 12.7 Å². The van der Waals surface area contributed by atoms with Gasteiger partial charge in [0.2, 0.25) is 0 Å². The van der Waals surface area contributed by atoms with Crippen LogP contribution in [-0.4, -0.2) is 48.0 Å². The van der Waals surface area contributed by atoms with E-state index in [1.807, 2.05) is 11.8 Å². The van der Waals surface area contributed by atoms with Crippen molar-refractivity contribution in [3.8, 4) is 0 Å². The molecule has 1 aliphatic heterocycles. The third kappa shape index (κ3) is 5.47. The van der Waals surface area contributed by atoms with Gasteiger partial charge in [0, 0.05) is 17.9 Å². The standard InChI is InChI=1S/C14H29NO2S/c1-3-14(12-16,15-4-2)8-6-10-18-11-13-7-5-9-17-13/h13,15-16H,3-12H2,1-2H3. The molecule has 0 aliphatic carbocycles. The Morgan fingerprint density at radius 1 is 1.44 bits per heavy atom. The van der Waals surface area contributed by atoms with Gasteiger partial charge in [0.25, 0.3) is 0 Å². The molecule has 1 fully saturated rings. The van der Waals surface area contributed by atoms with Gasteiger partial charge >= 0.3 is 0 Å². The predicted octanol–water partition coefficient (Wildman–Crippen LogP) is 2.43. The van der Waals surface area contributed by atoms with E-state index in [2.05, 4.69) is 19.2 Å². The van der Waals surface area contributed by atoms with Crippen molar-refractivity contribution in [1.29, 1.82) is 0 Å². The Hall–Kier alpha value is 0.230. The van der Waals surface area contributed by atoms with Crippen LogP contribution >= 0.6 is 11.8 Å². The summed E-state index contributed by atoms with van der Waals surface area (Å²) in [7, 11) is 0. The Kier molecular flexibility index (Phi) is 8.31. The van der Waals surface area contributed by atoms with Crippen LogP contribution in [-0.2, 0) is 4.74 Å². The van der Waals surface area contributed by atoms with E-state index in [-0.39, 0.29) is 12.1 Å². The van der Waals surface area contributed by atoms with E-state index < -0.39 is 0 Å². The van der Waals surface area contributed by atoms with Crippen molar-refractivity contribution in [2.75, 3.05) is 31.3 Å². The van der Waals surface area contributed by atoms with Gasteiger partial charge in [-0.25, -0.2) is 0 Å². The minimum absolute atomic E-state index is 0.0564. The fourth-order valence-corrected chi connectivity index (χ4v) is 3.56. The van der Waals surface area contributed by atoms with Crippen molar-refractivity contribution in [3.05, 3.63) is 0 Å². The molecule has 2 atom stereocenters. The zero-order valence-corrected chi connectivity index (χ0v) is 12.7. The van der Waals surface area contributed by atoms with E-state index >= 15 is 0 Å². The molecule has 1 aliphatic rings. The molecule has 4 heteroatoms. The first-order valence-electron chi connectivity index (χ1n) is 7.31. The quantitative estimate of drug-likeness (QED) is 0.601. The van der Waals surface area contributed by atoms with Gasteiger partial charge in [-0.3, -0.25) is 0 Å². The van der Waals surface area contributed by atoms with E-state index in [0.29, 0.717) is 6.10 Å². The fourth-order valence-electron chi connectivity index (χ4n) is 2.52. The average molecular weight is 275 g/mol. The van der Waals surface area contributed by atoms with Gasteiger partial charge < -0.3 is 15.2 Å². The van der Waals surface area contributed by atoms with Crippen LogP contribution in [0.15, 0.2) is 0 Å². The van der Waals surface area contributed by atoms with Crippen molar-refractivity contribution < 1.29 is 9.84 Å². The monoisotopic (exact) mass is 275 g/mol. The summed E-state index contributed by atoms with van der Waals surface area (Å²) in [6.07, 6.45) is 6.19. The number of aliphatic hydroxyl groups is 1. The van der Waals surface area contributed by atoms with Crippen molar-refractivity contribution in [3.63, 3.8) is 0 Å². The molecule has 0 amide bonds. The molecule has 2 N–H and O–H groups in total. The van der Waals surface area contributed by atoms with Crippen molar-refractivity contribution in [2.45, 2.75) is 57.6 Å². The van der Waals surface area contributed by atoms with Crippen LogP contribution in [0.5, 0.6) is 0 Å². The molecule has 1 rings (SSSR count). The first-order chi connectivity index (χ1) is 8.76. The molecule has 2 unspecified atom stereocenters. The van der Waals surface area contributed by atoms with Crippen LogP contribution in [0.3, 0.4) is 0 Å². The van der Waals surface area contributed by atoms with Crippen LogP contribution in [0.2, 0.25) is 0 Å². The summed E-state index contributed by atoms with van der Waals surface area (Å²) in [5.41, 5.74) is -0.0564. The van der Waals surface area contributed by atoms with Crippen LogP contribution in [0.4, 0.5) is 0 Å². The molecule has 0 aromatic carbocycles. The van der Waals surface area contributed by atoms with Gasteiger partial charge in [-0.1, -0.05) is 13.8 Å². The number of likely N-dealkylation sites (N-methyl/N-ethyl adjacent to an activating group) is 1. The summed E-state index contributed by atoms with van der Waals surface area (Å²) >= 11 is 2.00. The summed E-state index contributed by atoms with van der Waals surface area (Å²) in [5.74, 6) is 2.31. The summed E-state index contributed by atoms with van der Waals surface area (Å²) in [6, 6.07) is 0. The maximum absolute atomic E-state index is 9.55. The second-order valence-corrected chi connectivity index (χ2v) is 6.29. The normalized spacial score (nSPS) is 23.2. The highest BCUT2D eigenvalue weighted by Gasteiger charge is 2.25. The Balaban J connectivity index is 2.10. The highest BCUT2D eigenvalue weighted by molar-refractivity contribution is 7.99. The highest BCUT2D eigenvalue weighted by atomic mass is 32.2. The summed E-state index contributed by atoms with van der Waals surface area (Å²) < 4.78 is 5.61. The van der Waals surface area contributed by atoms with E-state index in [9.17, 15) is 5.11 Å². The number of rotatable bonds is 10. The van der Waals surface area contributed by atoms with E-state index in [1.165, 1.54) is 25.0 Å². The zero-order valence-electron chi connectivity index (χ0n) is 11.9. The Morgan fingerprint density at radius 2 is 2.28 bits per heavy atom. The largest absolute Gasteiger partial charge is 0.394 e. The van der Waals surface area contributed by atoms with Gasteiger partial charge in [-0.05, 0) is 44.4 Å². The summed E-state index contributed by atoms with van der Waals surface area (Å²) in [6.45, 7) is 6.38. The second kappa shape index (κ2) is 9.18. The third-order valence-electron chi connectivity index (χ3n) is 3.80. The number of ether oxygens (including phenoxy) is 1. The molecule has 1 heterocycles. The fraction of sp³-hybridized carbons (Fsp3) is 1.00. The van der Waals surface area contributed by atoms with Gasteiger partial charge in [-0.15, -0.1) is 0 Å². The van der Waals surface area contributed by atoms with Crippen molar-refractivity contribution in [2.24, 2.45) is 0 Å². The molecule has 0 spiro atoms. The summed E-state index contributed by atoms with van der Waals surface area (Å²) in [5, 5.41) is 13.0. The third-order valence-corrected chi connectivity index (χ3v) is 4.99. The van der Waals surface area contributed by atoms with Gasteiger partial charge in [0.1, 0.15) is 0 Å². The highest BCUT2D eigenvalue weighted by Crippen LogP contribution is 2.21. The minimum atomic E-state index is -0.0564. The Labute approximate surface area is 116 Å². The van der Waals surface area contributed by atoms with Gasteiger partial charge in [-0.2, -0.15) is 11.8 Å². The number of nitrogens with one attached hydrogen (secondary N) is 1. The lowest BCUT2D eigenvalue weighted by Gasteiger charge is -2.31. The lowest BCUT2D eigenvalue weighted by molar-refractivity contribution is 0.129. The lowest BCUT2D eigenvalue weighted by atomic mass is 9.91. The van der Waals surface area contributed by atoms with Crippen molar-refractivity contribution >= 4 is 11.8 Å². The molecule has 108 valence electrons. The lowest BCUT2D eigenvalue weighted by Crippen LogP contribution is -2.48. The first-order valence-corrected chi connectivity index (χ1v) is 8.47. The van der Waals surface area contributed by atoms with E-state index in [1.54, 1.807) is 0 Å². The summed E-state index contributed by atoms with van der Waals surface area (Å²) in [4.78, 5) is 0. The topological polar surface area (TPSA) is 41.5 Å². The first kappa shape index (κ1) is 16.3. The number of hydrogen-bond donors (Lipinski definition) is 2. The van der Waals surface area contributed by atoms with Crippen molar-refractivity contribution in [1.82, 2.24) is 5.32 Å². The molecule has 0 radical (unpaired) electrons. The van der Waals surface area contributed by atoms with E-state index in [0.717, 1.165) is 31.7 Å². The molecule has 1 saturated heterocycles. The maximum atomic E-state index is 9.55. The van der Waals surface area contributed by atoms with Crippen LogP contribution in [0.1, 0.15) is 46.0 Å². The molecule has 3 nitrogen and oxygen atoms in total. The van der Waals surface area contributed by atoms with E-state index in [4.69, 9.17) is 4.74 Å². The zero-order chi connectivity index (χ0) is 13.3. The number of hydrogen-bond acceptors (Lipinski definition) is 4. The minimum Gasteiger partial charge on any atom is -0.394 e. The molecule has 0 bridgehead atoms. The molecule has 18 heavy (non-hydrogen) atoms. The molecular weight excluding hydrogens is 246 g/mol. The average Bonchev–Trinajstić information content (AvgIpc) is 2.90. The van der Waals surface area contributed by atoms with Gasteiger partial charge in [0.15, 0.2) is 0 Å². The number of aliphatic hydroxyl groups excluding tert-OH is 1. The SMILES string of the molecule is CCNC(CC)(CO)CCCSCC1CCCO1. The van der Waals surface area contributed by atoms with Crippen LogP contribution < -0.4 is 5.32 Å². The Bertz CT molecular complexity index is 204. The molecule has 0 saturated carbocycles. The predicted molar refractivity (Wildman–Crippen MR) is 79.3 cm³/mol.